The van der Waals surface area contributed by atoms with E-state index in [1.165, 1.54) is 19.2 Å². The summed E-state index contributed by atoms with van der Waals surface area (Å²) in [6, 6.07) is 10.8. The van der Waals surface area contributed by atoms with Gasteiger partial charge in [-0.1, -0.05) is 18.2 Å². The van der Waals surface area contributed by atoms with Crippen LogP contribution in [0.2, 0.25) is 0 Å². The van der Waals surface area contributed by atoms with Crippen molar-refractivity contribution in [3.8, 4) is 5.88 Å². The summed E-state index contributed by atoms with van der Waals surface area (Å²) in [6.07, 6.45) is 0. The second-order valence-electron chi connectivity index (χ2n) is 4.44. The van der Waals surface area contributed by atoms with Crippen molar-refractivity contribution in [1.82, 2.24) is 10.3 Å². The molecule has 0 saturated carbocycles. The summed E-state index contributed by atoms with van der Waals surface area (Å²) in [4.78, 5) is 16.0. The van der Waals surface area contributed by atoms with Crippen molar-refractivity contribution in [1.29, 1.82) is 0 Å². The van der Waals surface area contributed by atoms with E-state index in [0.717, 1.165) is 5.56 Å². The summed E-state index contributed by atoms with van der Waals surface area (Å²) in [6.45, 7) is 0.239. The molecule has 0 radical (unpaired) electrons. The van der Waals surface area contributed by atoms with Gasteiger partial charge in [0.2, 0.25) is 15.9 Å². The van der Waals surface area contributed by atoms with Crippen LogP contribution in [0.3, 0.4) is 0 Å². The standard InChI is InChI=1S/C14H15N3O4S/c1-21-13-4-2-3-12(17-13)14(18)16-9-10-5-7-11(8-6-10)22(15,19)20/h2-8H,9H2,1H3,(H,16,18)(H2,15,19,20). The Balaban J connectivity index is 2.02. The first-order chi connectivity index (χ1) is 10.4. The first kappa shape index (κ1) is 15.9. The number of pyridine rings is 1. The molecule has 3 N–H and O–H groups in total. The minimum absolute atomic E-state index is 0.0250. The molecule has 1 aromatic carbocycles. The maximum absolute atomic E-state index is 12.0. The molecule has 2 aromatic rings. The van der Waals surface area contributed by atoms with E-state index < -0.39 is 10.0 Å². The molecular weight excluding hydrogens is 306 g/mol. The second kappa shape index (κ2) is 6.54. The summed E-state index contributed by atoms with van der Waals surface area (Å²) in [5.74, 6) is -0.000391. The Morgan fingerprint density at radius 3 is 2.50 bits per heavy atom. The highest BCUT2D eigenvalue weighted by Gasteiger charge is 2.09. The third-order valence-electron chi connectivity index (χ3n) is 2.87. The molecule has 8 heteroatoms. The summed E-state index contributed by atoms with van der Waals surface area (Å²) in [5, 5.41) is 7.70. The van der Waals surface area contributed by atoms with Crippen LogP contribution in [-0.2, 0) is 16.6 Å². The van der Waals surface area contributed by atoms with E-state index in [9.17, 15) is 13.2 Å². The molecule has 0 bridgehead atoms. The Morgan fingerprint density at radius 2 is 1.91 bits per heavy atom. The molecule has 0 fully saturated rings. The number of sulfonamides is 1. The van der Waals surface area contributed by atoms with Crippen molar-refractivity contribution in [3.05, 3.63) is 53.7 Å². The zero-order valence-electron chi connectivity index (χ0n) is 11.8. The Kier molecular flexibility index (Phi) is 4.74. The number of benzene rings is 1. The fraction of sp³-hybridized carbons (Fsp3) is 0.143. The van der Waals surface area contributed by atoms with Crippen molar-refractivity contribution in [2.24, 2.45) is 5.14 Å². The van der Waals surface area contributed by atoms with Crippen molar-refractivity contribution < 1.29 is 17.9 Å². The molecule has 0 spiro atoms. The van der Waals surface area contributed by atoms with Crippen molar-refractivity contribution in [3.63, 3.8) is 0 Å². The quantitative estimate of drug-likeness (QED) is 0.840. The number of rotatable bonds is 5. The lowest BCUT2D eigenvalue weighted by Crippen LogP contribution is -2.23. The normalized spacial score (nSPS) is 11.0. The Hall–Kier alpha value is -2.45. The number of carbonyl (C=O) groups excluding carboxylic acids is 1. The minimum Gasteiger partial charge on any atom is -0.481 e. The van der Waals surface area contributed by atoms with Crippen LogP contribution in [0.15, 0.2) is 47.4 Å². The van der Waals surface area contributed by atoms with Crippen molar-refractivity contribution in [2.45, 2.75) is 11.4 Å². The molecule has 1 heterocycles. The van der Waals surface area contributed by atoms with Crippen molar-refractivity contribution in [2.75, 3.05) is 7.11 Å². The van der Waals surface area contributed by atoms with Crippen LogP contribution in [0.5, 0.6) is 5.88 Å². The zero-order chi connectivity index (χ0) is 16.2. The number of aromatic nitrogens is 1. The molecule has 1 aromatic heterocycles. The Morgan fingerprint density at radius 1 is 1.23 bits per heavy atom. The van der Waals surface area contributed by atoms with Gasteiger partial charge in [-0.05, 0) is 23.8 Å². The maximum Gasteiger partial charge on any atom is 0.270 e. The number of hydrogen-bond donors (Lipinski definition) is 2. The predicted octanol–water partition coefficient (Wildman–Crippen LogP) is 0.668. The van der Waals surface area contributed by atoms with E-state index >= 15 is 0 Å². The molecule has 7 nitrogen and oxygen atoms in total. The molecule has 2 rings (SSSR count). The average Bonchev–Trinajstić information content (AvgIpc) is 2.52. The zero-order valence-corrected chi connectivity index (χ0v) is 12.6. The number of amides is 1. The van der Waals surface area contributed by atoms with E-state index in [-0.39, 0.29) is 23.0 Å². The van der Waals surface area contributed by atoms with Gasteiger partial charge in [-0.2, -0.15) is 0 Å². The van der Waals surface area contributed by atoms with Crippen LogP contribution in [0, 0.1) is 0 Å². The van der Waals surface area contributed by atoms with Gasteiger partial charge in [-0.3, -0.25) is 4.79 Å². The highest BCUT2D eigenvalue weighted by atomic mass is 32.2. The smallest absolute Gasteiger partial charge is 0.270 e. The number of nitrogens with one attached hydrogen (secondary N) is 1. The number of ether oxygens (including phenoxy) is 1. The first-order valence-corrected chi connectivity index (χ1v) is 7.86. The monoisotopic (exact) mass is 321 g/mol. The number of hydrogen-bond acceptors (Lipinski definition) is 5. The maximum atomic E-state index is 12.0. The van der Waals surface area contributed by atoms with Crippen LogP contribution in [0.25, 0.3) is 0 Å². The largest absolute Gasteiger partial charge is 0.481 e. The Labute approximate surface area is 128 Å². The summed E-state index contributed by atoms with van der Waals surface area (Å²) >= 11 is 0. The highest BCUT2D eigenvalue weighted by Crippen LogP contribution is 2.09. The van der Waals surface area contributed by atoms with Crippen LogP contribution in [0.4, 0.5) is 0 Å². The second-order valence-corrected chi connectivity index (χ2v) is 6.00. The molecule has 0 aliphatic rings. The van der Waals surface area contributed by atoms with Crippen LogP contribution in [0.1, 0.15) is 16.1 Å². The number of nitrogens with zero attached hydrogens (tertiary/aromatic N) is 1. The van der Waals surface area contributed by atoms with Crippen LogP contribution < -0.4 is 15.2 Å². The van der Waals surface area contributed by atoms with Gasteiger partial charge < -0.3 is 10.1 Å². The summed E-state index contributed by atoms with van der Waals surface area (Å²) < 4.78 is 27.2. The third kappa shape index (κ3) is 4.03. The van der Waals surface area contributed by atoms with Gasteiger partial charge in [0.1, 0.15) is 5.69 Å². The fourth-order valence-electron chi connectivity index (χ4n) is 1.72. The lowest BCUT2D eigenvalue weighted by atomic mass is 10.2. The number of nitrogens with two attached hydrogens (primary N) is 1. The summed E-state index contributed by atoms with van der Waals surface area (Å²) in [5.41, 5.74) is 0.976. The number of methoxy groups -OCH3 is 1. The van der Waals surface area contributed by atoms with Crippen molar-refractivity contribution >= 4 is 15.9 Å². The highest BCUT2D eigenvalue weighted by molar-refractivity contribution is 7.89. The Bertz CT molecular complexity index is 773. The fourth-order valence-corrected chi connectivity index (χ4v) is 2.24. The van der Waals surface area contributed by atoms with Gasteiger partial charge in [0.05, 0.1) is 12.0 Å². The topological polar surface area (TPSA) is 111 Å². The first-order valence-electron chi connectivity index (χ1n) is 6.31. The lowest BCUT2D eigenvalue weighted by Gasteiger charge is -2.06. The molecule has 116 valence electrons. The molecule has 0 saturated heterocycles. The average molecular weight is 321 g/mol. The molecule has 0 aliphatic heterocycles. The van der Waals surface area contributed by atoms with Gasteiger partial charge >= 0.3 is 0 Å². The molecular formula is C14H15N3O4S. The molecule has 1 amide bonds. The lowest BCUT2D eigenvalue weighted by molar-refractivity contribution is 0.0945. The third-order valence-corrected chi connectivity index (χ3v) is 3.80. The van der Waals surface area contributed by atoms with Crippen LogP contribution in [-0.4, -0.2) is 26.4 Å². The van der Waals surface area contributed by atoms with Gasteiger partial charge in [0.25, 0.3) is 5.91 Å². The SMILES string of the molecule is COc1cccc(C(=O)NCc2ccc(S(N)(=O)=O)cc2)n1. The van der Waals surface area contributed by atoms with E-state index in [1.807, 2.05) is 0 Å². The molecule has 0 aliphatic carbocycles. The van der Waals surface area contributed by atoms with E-state index in [0.29, 0.717) is 5.88 Å². The molecule has 0 atom stereocenters. The van der Waals surface area contributed by atoms with Gasteiger partial charge in [0, 0.05) is 12.6 Å². The van der Waals surface area contributed by atoms with E-state index in [4.69, 9.17) is 9.88 Å². The van der Waals surface area contributed by atoms with Gasteiger partial charge in [0.15, 0.2) is 0 Å². The van der Waals surface area contributed by atoms with Crippen LogP contribution >= 0.6 is 0 Å². The van der Waals surface area contributed by atoms with E-state index in [1.54, 1.807) is 30.3 Å². The van der Waals surface area contributed by atoms with Gasteiger partial charge in [-0.25, -0.2) is 18.5 Å². The number of primary sulfonamides is 1. The number of carbonyl (C=O) groups is 1. The van der Waals surface area contributed by atoms with E-state index in [2.05, 4.69) is 10.3 Å². The predicted molar refractivity (Wildman–Crippen MR) is 79.8 cm³/mol. The molecule has 0 unspecified atom stereocenters. The van der Waals surface area contributed by atoms with Gasteiger partial charge in [-0.15, -0.1) is 0 Å². The molecule has 22 heavy (non-hydrogen) atoms. The summed E-state index contributed by atoms with van der Waals surface area (Å²) in [7, 11) is -2.24. The minimum atomic E-state index is -3.71.